The number of fused-ring (bicyclic) bond motifs is 1. The van der Waals surface area contributed by atoms with Crippen LogP contribution in [0.2, 0.25) is 0 Å². The van der Waals surface area contributed by atoms with Gasteiger partial charge >= 0.3 is 5.97 Å². The maximum atomic E-state index is 12.2. The van der Waals surface area contributed by atoms with Crippen LogP contribution in [0.4, 0.5) is 0 Å². The van der Waals surface area contributed by atoms with Gasteiger partial charge in [-0.1, -0.05) is 12.2 Å². The number of methoxy groups -OCH3 is 1. The van der Waals surface area contributed by atoms with Gasteiger partial charge in [0.1, 0.15) is 6.04 Å². The largest absolute Gasteiger partial charge is 0.467 e. The number of ether oxygens (including phenoxy) is 1. The average Bonchev–Trinajstić information content (AvgIpc) is 2.74. The summed E-state index contributed by atoms with van der Waals surface area (Å²) in [7, 11) is 1.35. The highest BCUT2D eigenvalue weighted by molar-refractivity contribution is 5.88. The van der Waals surface area contributed by atoms with Crippen molar-refractivity contribution in [1.29, 1.82) is 0 Å². The lowest BCUT2D eigenvalue weighted by atomic mass is 10.1. The van der Waals surface area contributed by atoms with Crippen molar-refractivity contribution in [2.75, 3.05) is 7.11 Å². The molecule has 5 nitrogen and oxygen atoms in total. The first-order valence-corrected chi connectivity index (χ1v) is 5.95. The normalized spacial score (nSPS) is 32.9. The lowest BCUT2D eigenvalue weighted by Crippen LogP contribution is -2.52. The van der Waals surface area contributed by atoms with Gasteiger partial charge in [0.25, 0.3) is 0 Å². The zero-order valence-electron chi connectivity index (χ0n) is 9.96. The van der Waals surface area contributed by atoms with Gasteiger partial charge in [0.05, 0.1) is 13.2 Å². The van der Waals surface area contributed by atoms with Crippen LogP contribution < -0.4 is 5.73 Å². The highest BCUT2D eigenvalue weighted by Crippen LogP contribution is 2.29. The number of amides is 1. The van der Waals surface area contributed by atoms with Crippen LogP contribution in [0.3, 0.4) is 0 Å². The molecular formula is C12H18N2O3. The Labute approximate surface area is 101 Å². The standard InChI is InChI=1S/C12H18N2O3/c1-17-12(16)10-7-6-8-4-2-3-5-9(13)11(15)14(8)10/h2-3,8-10H,4-7,13H2,1H3/t8-,9-,10-/m0/s1. The molecule has 2 N–H and O–H groups in total. The van der Waals surface area contributed by atoms with Crippen LogP contribution >= 0.6 is 0 Å². The van der Waals surface area contributed by atoms with Gasteiger partial charge in [-0.15, -0.1) is 0 Å². The van der Waals surface area contributed by atoms with E-state index in [2.05, 4.69) is 0 Å². The molecule has 17 heavy (non-hydrogen) atoms. The fourth-order valence-corrected chi connectivity index (χ4v) is 2.60. The van der Waals surface area contributed by atoms with Crippen LogP contribution in [-0.4, -0.2) is 42.0 Å². The van der Waals surface area contributed by atoms with Crippen LogP contribution in [0.5, 0.6) is 0 Å². The molecule has 0 aliphatic carbocycles. The fraction of sp³-hybridized carbons (Fsp3) is 0.667. The van der Waals surface area contributed by atoms with Crippen molar-refractivity contribution in [2.24, 2.45) is 5.73 Å². The minimum Gasteiger partial charge on any atom is -0.467 e. The molecule has 0 radical (unpaired) electrons. The van der Waals surface area contributed by atoms with E-state index in [1.54, 1.807) is 4.90 Å². The molecule has 94 valence electrons. The third-order valence-electron chi connectivity index (χ3n) is 3.51. The van der Waals surface area contributed by atoms with E-state index in [-0.39, 0.29) is 17.9 Å². The molecule has 2 rings (SSSR count). The van der Waals surface area contributed by atoms with E-state index >= 15 is 0 Å². The second-order valence-electron chi connectivity index (χ2n) is 4.56. The van der Waals surface area contributed by atoms with E-state index in [1.165, 1.54) is 7.11 Å². The van der Waals surface area contributed by atoms with E-state index in [1.807, 2.05) is 12.2 Å². The predicted molar refractivity (Wildman–Crippen MR) is 62.0 cm³/mol. The summed E-state index contributed by atoms with van der Waals surface area (Å²) in [6.45, 7) is 0. The maximum Gasteiger partial charge on any atom is 0.328 e. The first kappa shape index (κ1) is 12.1. The van der Waals surface area contributed by atoms with Crippen molar-refractivity contribution < 1.29 is 14.3 Å². The van der Waals surface area contributed by atoms with Gasteiger partial charge in [-0.05, 0) is 25.7 Å². The van der Waals surface area contributed by atoms with Crippen LogP contribution in [0, 0.1) is 0 Å². The summed E-state index contributed by atoms with van der Waals surface area (Å²) < 4.78 is 4.75. The molecule has 2 aliphatic rings. The molecule has 3 atom stereocenters. The van der Waals surface area contributed by atoms with Gasteiger partial charge in [0, 0.05) is 6.04 Å². The van der Waals surface area contributed by atoms with Gasteiger partial charge in [-0.3, -0.25) is 4.79 Å². The number of esters is 1. The fourth-order valence-electron chi connectivity index (χ4n) is 2.60. The lowest BCUT2D eigenvalue weighted by Gasteiger charge is -2.31. The molecule has 1 saturated heterocycles. The Morgan fingerprint density at radius 3 is 2.82 bits per heavy atom. The molecule has 5 heteroatoms. The minimum absolute atomic E-state index is 0.0919. The van der Waals surface area contributed by atoms with Crippen LogP contribution in [0.15, 0.2) is 12.2 Å². The average molecular weight is 238 g/mol. The molecule has 0 bridgehead atoms. The van der Waals surface area contributed by atoms with Gasteiger partial charge < -0.3 is 15.4 Å². The van der Waals surface area contributed by atoms with Crippen LogP contribution in [0.25, 0.3) is 0 Å². The SMILES string of the molecule is COC(=O)[C@@H]1CC[C@@H]2CC=CC[C@H](N)C(=O)N21. The Kier molecular flexibility index (Phi) is 3.47. The van der Waals surface area contributed by atoms with E-state index < -0.39 is 12.1 Å². The highest BCUT2D eigenvalue weighted by atomic mass is 16.5. The monoisotopic (exact) mass is 238 g/mol. The summed E-state index contributed by atoms with van der Waals surface area (Å²) in [5, 5.41) is 0. The third-order valence-corrected chi connectivity index (χ3v) is 3.51. The molecule has 1 fully saturated rings. The van der Waals surface area contributed by atoms with Gasteiger partial charge in [-0.25, -0.2) is 4.79 Å². The summed E-state index contributed by atoms with van der Waals surface area (Å²) in [6, 6.07) is -0.899. The summed E-state index contributed by atoms with van der Waals surface area (Å²) in [6.07, 6.45) is 6.84. The molecule has 0 aromatic rings. The highest BCUT2D eigenvalue weighted by Gasteiger charge is 2.42. The topological polar surface area (TPSA) is 72.6 Å². The zero-order chi connectivity index (χ0) is 12.4. The van der Waals surface area contributed by atoms with E-state index in [0.717, 1.165) is 12.8 Å². The molecule has 2 heterocycles. The molecule has 2 aliphatic heterocycles. The number of hydrogen-bond acceptors (Lipinski definition) is 4. The second kappa shape index (κ2) is 4.87. The van der Waals surface area contributed by atoms with Crippen molar-refractivity contribution in [1.82, 2.24) is 4.90 Å². The number of carbonyl (C=O) groups excluding carboxylic acids is 2. The van der Waals surface area contributed by atoms with Crippen molar-refractivity contribution >= 4 is 11.9 Å². The van der Waals surface area contributed by atoms with Crippen molar-refractivity contribution in [3.8, 4) is 0 Å². The summed E-state index contributed by atoms with van der Waals surface area (Å²) in [5.41, 5.74) is 5.81. The molecular weight excluding hydrogens is 220 g/mol. The van der Waals surface area contributed by atoms with Crippen LogP contribution in [0.1, 0.15) is 25.7 Å². The van der Waals surface area contributed by atoms with E-state index in [9.17, 15) is 9.59 Å². The minimum atomic E-state index is -0.542. The number of nitrogens with two attached hydrogens (primary N) is 1. The quantitative estimate of drug-likeness (QED) is 0.523. The number of hydrogen-bond donors (Lipinski definition) is 1. The molecule has 0 saturated carbocycles. The molecule has 0 aromatic heterocycles. The second-order valence-corrected chi connectivity index (χ2v) is 4.56. The van der Waals surface area contributed by atoms with E-state index in [0.29, 0.717) is 12.8 Å². The molecule has 0 unspecified atom stereocenters. The number of nitrogens with zero attached hydrogens (tertiary/aromatic N) is 1. The molecule has 0 spiro atoms. The molecule has 0 aromatic carbocycles. The van der Waals surface area contributed by atoms with Crippen molar-refractivity contribution in [2.45, 2.75) is 43.8 Å². The van der Waals surface area contributed by atoms with Crippen LogP contribution in [-0.2, 0) is 14.3 Å². The summed E-state index contributed by atoms with van der Waals surface area (Å²) in [5.74, 6) is -0.468. The Morgan fingerprint density at radius 1 is 1.41 bits per heavy atom. The third kappa shape index (κ3) is 2.20. The summed E-state index contributed by atoms with van der Waals surface area (Å²) >= 11 is 0. The maximum absolute atomic E-state index is 12.2. The van der Waals surface area contributed by atoms with Crippen molar-refractivity contribution in [3.63, 3.8) is 0 Å². The Hall–Kier alpha value is -1.36. The summed E-state index contributed by atoms with van der Waals surface area (Å²) in [4.78, 5) is 25.5. The smallest absolute Gasteiger partial charge is 0.328 e. The van der Waals surface area contributed by atoms with Gasteiger partial charge in [-0.2, -0.15) is 0 Å². The Morgan fingerprint density at radius 2 is 2.12 bits per heavy atom. The van der Waals surface area contributed by atoms with Gasteiger partial charge in [0.2, 0.25) is 5.91 Å². The predicted octanol–water partition coefficient (Wildman–Crippen LogP) is 0.196. The Bertz CT molecular complexity index is 354. The number of carbonyl (C=O) groups is 2. The number of rotatable bonds is 1. The Balaban J connectivity index is 2.24. The first-order chi connectivity index (χ1) is 8.15. The first-order valence-electron chi connectivity index (χ1n) is 5.95. The van der Waals surface area contributed by atoms with Gasteiger partial charge in [0.15, 0.2) is 0 Å². The zero-order valence-corrected chi connectivity index (χ0v) is 9.96. The lowest BCUT2D eigenvalue weighted by molar-refractivity contribution is -0.152. The van der Waals surface area contributed by atoms with Crippen molar-refractivity contribution in [3.05, 3.63) is 12.2 Å². The molecule has 1 amide bonds. The van der Waals surface area contributed by atoms with E-state index in [4.69, 9.17) is 10.5 Å².